The molecule has 1 aromatic rings. The molecule has 1 heterocycles. The van der Waals surface area contributed by atoms with E-state index in [0.29, 0.717) is 18.8 Å². The molecule has 20 heavy (non-hydrogen) atoms. The fraction of sp³-hybridized carbons (Fsp3) is 0.538. The van der Waals surface area contributed by atoms with Gasteiger partial charge in [0, 0.05) is 20.2 Å². The third kappa shape index (κ3) is 3.00. The standard InChI is InChI=1S/C13H19N3O4/c1-3-20-11-6-4-5-9(13(11)16(17)18)15-10-7-14-8-12(10)19-2/h4-6,10,12,14-15H,3,7-8H2,1-2H3/t10?,12-/m0/s1. The summed E-state index contributed by atoms with van der Waals surface area (Å²) in [6.45, 7) is 3.61. The van der Waals surface area contributed by atoms with Crippen molar-refractivity contribution in [3.8, 4) is 5.75 Å². The highest BCUT2D eigenvalue weighted by Gasteiger charge is 2.30. The van der Waals surface area contributed by atoms with Crippen molar-refractivity contribution in [3.05, 3.63) is 28.3 Å². The summed E-state index contributed by atoms with van der Waals surface area (Å²) in [6.07, 6.45) is -0.00893. The van der Waals surface area contributed by atoms with Crippen LogP contribution in [0.15, 0.2) is 18.2 Å². The maximum atomic E-state index is 11.3. The van der Waals surface area contributed by atoms with Crippen molar-refractivity contribution < 1.29 is 14.4 Å². The molecule has 2 atom stereocenters. The lowest BCUT2D eigenvalue weighted by molar-refractivity contribution is -0.385. The Hall–Kier alpha value is -1.86. The van der Waals surface area contributed by atoms with Gasteiger partial charge in [0.1, 0.15) is 5.69 Å². The Balaban J connectivity index is 2.26. The molecule has 0 saturated carbocycles. The first-order valence-corrected chi connectivity index (χ1v) is 6.57. The van der Waals surface area contributed by atoms with E-state index in [9.17, 15) is 10.1 Å². The average Bonchev–Trinajstić information content (AvgIpc) is 2.86. The van der Waals surface area contributed by atoms with Gasteiger partial charge in [-0.3, -0.25) is 10.1 Å². The van der Waals surface area contributed by atoms with Crippen molar-refractivity contribution >= 4 is 11.4 Å². The predicted molar refractivity (Wildman–Crippen MR) is 75.3 cm³/mol. The second-order valence-corrected chi connectivity index (χ2v) is 4.53. The van der Waals surface area contributed by atoms with Crippen LogP contribution < -0.4 is 15.4 Å². The fourth-order valence-corrected chi connectivity index (χ4v) is 2.35. The molecule has 0 radical (unpaired) electrons. The Morgan fingerprint density at radius 1 is 1.50 bits per heavy atom. The smallest absolute Gasteiger partial charge is 0.333 e. The number of nitrogens with zero attached hydrogens (tertiary/aromatic N) is 1. The van der Waals surface area contributed by atoms with E-state index < -0.39 is 4.92 Å². The van der Waals surface area contributed by atoms with E-state index in [1.807, 2.05) is 0 Å². The molecule has 7 nitrogen and oxygen atoms in total. The highest BCUT2D eigenvalue weighted by Crippen LogP contribution is 2.35. The summed E-state index contributed by atoms with van der Waals surface area (Å²) in [6, 6.07) is 5.03. The number of hydrogen-bond donors (Lipinski definition) is 2. The Bertz CT molecular complexity index is 481. The molecule has 0 bridgehead atoms. The first kappa shape index (κ1) is 14.5. The van der Waals surface area contributed by atoms with Crippen LogP contribution in [0.1, 0.15) is 6.92 Å². The maximum absolute atomic E-state index is 11.3. The summed E-state index contributed by atoms with van der Waals surface area (Å²) in [4.78, 5) is 10.9. The largest absolute Gasteiger partial charge is 0.487 e. The molecule has 1 fully saturated rings. The first-order chi connectivity index (χ1) is 9.67. The Morgan fingerprint density at radius 3 is 2.95 bits per heavy atom. The highest BCUT2D eigenvalue weighted by atomic mass is 16.6. The minimum absolute atomic E-state index is 0.00410. The summed E-state index contributed by atoms with van der Waals surface area (Å²) in [7, 11) is 1.64. The molecular weight excluding hydrogens is 262 g/mol. The number of para-hydroxylation sites is 1. The molecule has 0 spiro atoms. The van der Waals surface area contributed by atoms with Crippen molar-refractivity contribution in [2.75, 3.05) is 32.1 Å². The summed E-state index contributed by atoms with van der Waals surface area (Å²) < 4.78 is 10.7. The van der Waals surface area contributed by atoms with Crippen LogP contribution in [0, 0.1) is 10.1 Å². The van der Waals surface area contributed by atoms with Crippen molar-refractivity contribution in [2.24, 2.45) is 0 Å². The Kier molecular flexibility index (Phi) is 4.75. The van der Waals surface area contributed by atoms with Crippen LogP contribution >= 0.6 is 0 Å². The fourth-order valence-electron chi connectivity index (χ4n) is 2.35. The lowest BCUT2D eigenvalue weighted by Crippen LogP contribution is -2.33. The summed E-state index contributed by atoms with van der Waals surface area (Å²) in [5.41, 5.74) is 0.424. The van der Waals surface area contributed by atoms with Crippen molar-refractivity contribution in [3.63, 3.8) is 0 Å². The molecule has 2 rings (SSSR count). The van der Waals surface area contributed by atoms with Crippen LogP contribution in [-0.2, 0) is 4.74 Å². The molecule has 0 aromatic heterocycles. The number of nitrogens with one attached hydrogen (secondary N) is 2. The zero-order chi connectivity index (χ0) is 14.5. The number of nitro benzene ring substituents is 1. The topological polar surface area (TPSA) is 85.7 Å². The number of anilines is 1. The monoisotopic (exact) mass is 281 g/mol. The summed E-state index contributed by atoms with van der Waals surface area (Å²) in [5, 5.41) is 17.7. The van der Waals surface area contributed by atoms with Crippen LogP contribution in [0.5, 0.6) is 5.75 Å². The molecule has 1 aliphatic rings. The van der Waals surface area contributed by atoms with E-state index >= 15 is 0 Å². The predicted octanol–water partition coefficient (Wildman–Crippen LogP) is 1.39. The second-order valence-electron chi connectivity index (χ2n) is 4.53. The SMILES string of the molecule is CCOc1cccc(NC2CNC[C@@H]2OC)c1[N+](=O)[O-]. The molecule has 0 amide bonds. The van der Waals surface area contributed by atoms with Crippen molar-refractivity contribution in [1.29, 1.82) is 0 Å². The van der Waals surface area contributed by atoms with Gasteiger partial charge in [-0.25, -0.2) is 0 Å². The van der Waals surface area contributed by atoms with Gasteiger partial charge in [-0.05, 0) is 19.1 Å². The number of ether oxygens (including phenoxy) is 2. The van der Waals surface area contributed by atoms with E-state index in [0.717, 1.165) is 6.54 Å². The van der Waals surface area contributed by atoms with Gasteiger partial charge in [-0.2, -0.15) is 0 Å². The van der Waals surface area contributed by atoms with E-state index in [1.165, 1.54) is 0 Å². The Morgan fingerprint density at radius 2 is 2.30 bits per heavy atom. The van der Waals surface area contributed by atoms with Gasteiger partial charge in [0.15, 0.2) is 5.75 Å². The number of hydrogen-bond acceptors (Lipinski definition) is 6. The minimum atomic E-state index is -0.419. The molecule has 2 N–H and O–H groups in total. The Labute approximate surface area is 117 Å². The third-order valence-electron chi connectivity index (χ3n) is 3.28. The zero-order valence-corrected chi connectivity index (χ0v) is 11.6. The normalized spacial score (nSPS) is 21.7. The molecular formula is C13H19N3O4. The lowest BCUT2D eigenvalue weighted by Gasteiger charge is -2.20. The minimum Gasteiger partial charge on any atom is -0.487 e. The summed E-state index contributed by atoms with van der Waals surface area (Å²) in [5.74, 6) is 0.280. The van der Waals surface area contributed by atoms with E-state index in [1.54, 1.807) is 32.2 Å². The van der Waals surface area contributed by atoms with Gasteiger partial charge in [0.25, 0.3) is 0 Å². The third-order valence-corrected chi connectivity index (χ3v) is 3.28. The van der Waals surface area contributed by atoms with Gasteiger partial charge in [-0.1, -0.05) is 6.07 Å². The van der Waals surface area contributed by atoms with Crippen LogP contribution in [0.4, 0.5) is 11.4 Å². The molecule has 1 saturated heterocycles. The van der Waals surface area contributed by atoms with Crippen molar-refractivity contribution in [1.82, 2.24) is 5.32 Å². The molecule has 7 heteroatoms. The van der Waals surface area contributed by atoms with Crippen LogP contribution in [0.3, 0.4) is 0 Å². The number of nitro groups is 1. The molecule has 0 aliphatic carbocycles. The van der Waals surface area contributed by atoms with Crippen molar-refractivity contribution in [2.45, 2.75) is 19.1 Å². The quantitative estimate of drug-likeness (QED) is 0.605. The molecule has 1 aliphatic heterocycles. The molecule has 110 valence electrons. The molecule has 1 aromatic carbocycles. The lowest BCUT2D eigenvalue weighted by atomic mass is 10.1. The highest BCUT2D eigenvalue weighted by molar-refractivity contribution is 5.69. The van der Waals surface area contributed by atoms with Gasteiger partial charge < -0.3 is 20.1 Å². The number of benzene rings is 1. The second kappa shape index (κ2) is 6.53. The zero-order valence-electron chi connectivity index (χ0n) is 11.6. The first-order valence-electron chi connectivity index (χ1n) is 6.57. The van der Waals surface area contributed by atoms with Gasteiger partial charge in [0.05, 0.1) is 23.7 Å². The van der Waals surface area contributed by atoms with Gasteiger partial charge >= 0.3 is 5.69 Å². The number of rotatable bonds is 6. The van der Waals surface area contributed by atoms with E-state index in [4.69, 9.17) is 9.47 Å². The van der Waals surface area contributed by atoms with Crippen LogP contribution in [0.2, 0.25) is 0 Å². The van der Waals surface area contributed by atoms with Gasteiger partial charge in [-0.15, -0.1) is 0 Å². The number of methoxy groups -OCH3 is 1. The van der Waals surface area contributed by atoms with E-state index in [2.05, 4.69) is 10.6 Å². The van der Waals surface area contributed by atoms with E-state index in [-0.39, 0.29) is 23.6 Å². The van der Waals surface area contributed by atoms with Crippen LogP contribution in [-0.4, -0.2) is 43.9 Å². The summed E-state index contributed by atoms with van der Waals surface area (Å²) >= 11 is 0. The van der Waals surface area contributed by atoms with Gasteiger partial charge in [0.2, 0.25) is 0 Å². The maximum Gasteiger partial charge on any atom is 0.333 e. The molecule has 1 unspecified atom stereocenters. The van der Waals surface area contributed by atoms with Crippen LogP contribution in [0.25, 0.3) is 0 Å². The average molecular weight is 281 g/mol.